The third kappa shape index (κ3) is 3.86. The average molecular weight is 384 g/mol. The summed E-state index contributed by atoms with van der Waals surface area (Å²) in [4.78, 5) is 10.7. The van der Waals surface area contributed by atoms with Crippen LogP contribution < -0.4 is 0 Å². The Labute approximate surface area is 137 Å². The molecule has 0 saturated heterocycles. The Kier molecular flexibility index (Phi) is 5.20. The zero-order valence-electron chi connectivity index (χ0n) is 11.5. The molecule has 0 amide bonds. The number of carbonyl (C=O) groups is 1. The van der Waals surface area contributed by atoms with Crippen LogP contribution >= 0.6 is 15.9 Å². The van der Waals surface area contributed by atoms with Gasteiger partial charge in [-0.1, -0.05) is 28.1 Å². The molecule has 0 fully saturated rings. The molecule has 1 aromatic heterocycles. The Morgan fingerprint density at radius 1 is 1.23 bits per heavy atom. The lowest BCUT2D eigenvalue weighted by Gasteiger charge is -2.06. The molecule has 1 N–H and O–H groups in total. The maximum Gasteiger partial charge on any atom is 0.328 e. The van der Waals surface area contributed by atoms with Crippen molar-refractivity contribution in [1.82, 2.24) is 3.97 Å². The fourth-order valence-corrected chi connectivity index (χ4v) is 3.53. The molecule has 22 heavy (non-hydrogen) atoms. The predicted octanol–water partition coefficient (Wildman–Crippen LogP) is 2.76. The van der Waals surface area contributed by atoms with Crippen molar-refractivity contribution < 1.29 is 18.3 Å². The third-order valence-electron chi connectivity index (χ3n) is 2.99. The number of hydrogen-bond acceptors (Lipinski definition) is 3. The van der Waals surface area contributed by atoms with Crippen LogP contribution in [0.25, 0.3) is 6.08 Å². The number of carboxylic acid groups (broad SMARTS) is 1. The van der Waals surface area contributed by atoms with Gasteiger partial charge >= 0.3 is 5.97 Å². The number of halogens is 1. The van der Waals surface area contributed by atoms with E-state index >= 15 is 0 Å². The molecule has 0 atom stereocenters. The molecular formula is C15H14BrNO4S. The minimum atomic E-state index is -3.66. The summed E-state index contributed by atoms with van der Waals surface area (Å²) in [5, 5.41) is 9.39. The van der Waals surface area contributed by atoms with E-state index in [4.69, 9.17) is 5.11 Å². The van der Waals surface area contributed by atoms with E-state index in [2.05, 4.69) is 15.9 Å². The smallest absolute Gasteiger partial charge is 0.328 e. The summed E-state index contributed by atoms with van der Waals surface area (Å²) in [7, 11) is -3.66. The van der Waals surface area contributed by atoms with Crippen LogP contribution in [0.1, 0.15) is 11.1 Å². The first-order valence-corrected chi connectivity index (χ1v) is 8.99. The summed E-state index contributed by atoms with van der Waals surface area (Å²) >= 11 is 3.34. The van der Waals surface area contributed by atoms with Crippen molar-refractivity contribution in [3.63, 3.8) is 0 Å². The van der Waals surface area contributed by atoms with Gasteiger partial charge in [-0.05, 0) is 41.8 Å². The van der Waals surface area contributed by atoms with Crippen molar-refractivity contribution in [2.45, 2.75) is 11.3 Å². The van der Waals surface area contributed by atoms with Crippen molar-refractivity contribution in [2.24, 2.45) is 0 Å². The molecule has 0 unspecified atom stereocenters. The van der Waals surface area contributed by atoms with Gasteiger partial charge in [0.2, 0.25) is 0 Å². The van der Waals surface area contributed by atoms with Gasteiger partial charge in [0.25, 0.3) is 10.0 Å². The highest BCUT2D eigenvalue weighted by molar-refractivity contribution is 9.09. The van der Waals surface area contributed by atoms with Crippen LogP contribution in [0.5, 0.6) is 0 Å². The lowest BCUT2D eigenvalue weighted by atomic mass is 10.2. The van der Waals surface area contributed by atoms with E-state index in [1.807, 2.05) is 0 Å². The van der Waals surface area contributed by atoms with Crippen molar-refractivity contribution in [3.8, 4) is 0 Å². The standard InChI is InChI=1S/C15H14BrNO4S/c16-9-7-12-1-4-14(5-2-12)22(20,21)17-10-8-13(11-17)3-6-15(18)19/h1-6,8,10-11H,7,9H2,(H,18,19)/b6-3+. The van der Waals surface area contributed by atoms with E-state index in [1.165, 1.54) is 24.5 Å². The lowest BCUT2D eigenvalue weighted by Crippen LogP contribution is -2.10. The molecule has 0 aliphatic rings. The predicted molar refractivity (Wildman–Crippen MR) is 87.6 cm³/mol. The first kappa shape index (κ1) is 16.5. The molecule has 0 bridgehead atoms. The summed E-state index contributed by atoms with van der Waals surface area (Å²) in [6.07, 6.45) is 5.90. The average Bonchev–Trinajstić information content (AvgIpc) is 2.96. The number of benzene rings is 1. The second-order valence-corrected chi connectivity index (χ2v) is 7.17. The van der Waals surface area contributed by atoms with Crippen molar-refractivity contribution in [3.05, 3.63) is 59.9 Å². The first-order chi connectivity index (χ1) is 10.4. The second kappa shape index (κ2) is 6.93. The molecule has 0 aliphatic heterocycles. The number of aryl methyl sites for hydroxylation is 1. The zero-order valence-corrected chi connectivity index (χ0v) is 13.9. The van der Waals surface area contributed by atoms with Crippen molar-refractivity contribution in [1.29, 1.82) is 0 Å². The molecule has 1 aromatic carbocycles. The molecule has 0 spiro atoms. The molecule has 7 heteroatoms. The molecule has 1 heterocycles. The zero-order chi connectivity index (χ0) is 16.2. The molecular weight excluding hydrogens is 370 g/mol. The Morgan fingerprint density at radius 3 is 2.50 bits per heavy atom. The van der Waals surface area contributed by atoms with Crippen molar-refractivity contribution >= 4 is 38.0 Å². The van der Waals surface area contributed by atoms with E-state index in [1.54, 1.807) is 24.3 Å². The number of aliphatic carboxylic acids is 1. The monoisotopic (exact) mass is 383 g/mol. The largest absolute Gasteiger partial charge is 0.478 e. The normalized spacial score (nSPS) is 11.9. The van der Waals surface area contributed by atoms with Crippen LogP contribution in [-0.4, -0.2) is 28.8 Å². The number of hydrogen-bond donors (Lipinski definition) is 1. The van der Waals surface area contributed by atoms with Crippen molar-refractivity contribution in [2.75, 3.05) is 5.33 Å². The minimum absolute atomic E-state index is 0.190. The maximum atomic E-state index is 12.5. The van der Waals surface area contributed by atoms with Gasteiger partial charge < -0.3 is 5.11 Å². The Balaban J connectivity index is 2.28. The quantitative estimate of drug-likeness (QED) is 0.614. The molecule has 0 aliphatic carbocycles. The summed E-state index contributed by atoms with van der Waals surface area (Å²) < 4.78 is 26.0. The van der Waals surface area contributed by atoms with Crippen LogP contribution in [0.2, 0.25) is 0 Å². The molecule has 5 nitrogen and oxygen atoms in total. The van der Waals surface area contributed by atoms with Gasteiger partial charge in [0.1, 0.15) is 0 Å². The number of alkyl halides is 1. The molecule has 0 radical (unpaired) electrons. The van der Waals surface area contributed by atoms with Crippen LogP contribution in [0.15, 0.2) is 53.7 Å². The molecule has 0 saturated carbocycles. The number of rotatable bonds is 6. The molecule has 116 valence electrons. The van der Waals surface area contributed by atoms with E-state index in [-0.39, 0.29) is 4.90 Å². The highest BCUT2D eigenvalue weighted by Crippen LogP contribution is 2.17. The summed E-state index contributed by atoms with van der Waals surface area (Å²) in [5.41, 5.74) is 1.55. The van der Waals surface area contributed by atoms with Gasteiger partial charge in [-0.25, -0.2) is 17.2 Å². The van der Waals surface area contributed by atoms with Gasteiger partial charge in [-0.15, -0.1) is 0 Å². The van der Waals surface area contributed by atoms with E-state index in [0.717, 1.165) is 27.4 Å². The minimum Gasteiger partial charge on any atom is -0.478 e. The Hall–Kier alpha value is -1.86. The van der Waals surface area contributed by atoms with E-state index < -0.39 is 16.0 Å². The van der Waals surface area contributed by atoms with Gasteiger partial charge in [-0.3, -0.25) is 0 Å². The van der Waals surface area contributed by atoms with Crippen LogP contribution in [-0.2, 0) is 21.2 Å². The fraction of sp³-hybridized carbons (Fsp3) is 0.133. The summed E-state index contributed by atoms with van der Waals surface area (Å²) in [5.74, 6) is -1.09. The number of nitrogens with zero attached hydrogens (tertiary/aromatic N) is 1. The topological polar surface area (TPSA) is 76.4 Å². The molecule has 2 rings (SSSR count). The summed E-state index contributed by atoms with van der Waals surface area (Å²) in [6, 6.07) is 8.24. The highest BCUT2D eigenvalue weighted by Gasteiger charge is 2.16. The third-order valence-corrected chi connectivity index (χ3v) is 5.04. The van der Waals surface area contributed by atoms with Crippen LogP contribution in [0.4, 0.5) is 0 Å². The van der Waals surface area contributed by atoms with Gasteiger partial charge in [0.15, 0.2) is 0 Å². The fourth-order valence-electron chi connectivity index (χ4n) is 1.87. The molecule has 2 aromatic rings. The summed E-state index contributed by atoms with van der Waals surface area (Å²) in [6.45, 7) is 0. The first-order valence-electron chi connectivity index (χ1n) is 6.43. The Bertz CT molecular complexity index is 791. The van der Waals surface area contributed by atoms with Crippen LogP contribution in [0.3, 0.4) is 0 Å². The number of carboxylic acids is 1. The second-order valence-electron chi connectivity index (χ2n) is 4.53. The van der Waals surface area contributed by atoms with E-state index in [9.17, 15) is 13.2 Å². The lowest BCUT2D eigenvalue weighted by molar-refractivity contribution is -0.131. The van der Waals surface area contributed by atoms with Gasteiger partial charge in [0.05, 0.1) is 4.90 Å². The maximum absolute atomic E-state index is 12.5. The van der Waals surface area contributed by atoms with E-state index in [0.29, 0.717) is 5.56 Å². The number of aromatic nitrogens is 1. The van der Waals surface area contributed by atoms with Gasteiger partial charge in [0, 0.05) is 23.8 Å². The Morgan fingerprint density at radius 2 is 1.91 bits per heavy atom. The SMILES string of the molecule is O=C(O)/C=C/c1ccn(S(=O)(=O)c2ccc(CCBr)cc2)c1. The highest BCUT2D eigenvalue weighted by atomic mass is 79.9. The van der Waals surface area contributed by atoms with Gasteiger partial charge in [-0.2, -0.15) is 0 Å². The van der Waals surface area contributed by atoms with Crippen LogP contribution in [0, 0.1) is 0 Å².